The molecule has 132 valence electrons. The van der Waals surface area contributed by atoms with Gasteiger partial charge in [-0.15, -0.1) is 11.3 Å². The molecule has 1 fully saturated rings. The molecule has 1 atom stereocenters. The molecular formula is C17H27N5OS. The summed E-state index contributed by atoms with van der Waals surface area (Å²) in [5.74, 6) is 1.76. The molecule has 1 aliphatic rings. The minimum atomic E-state index is -0.00822. The number of likely N-dealkylation sites (tertiary alicyclic amines) is 1. The number of thiazole rings is 1. The van der Waals surface area contributed by atoms with Gasteiger partial charge in [0.05, 0.1) is 12.2 Å². The Morgan fingerprint density at radius 2 is 2.21 bits per heavy atom. The molecule has 0 amide bonds. The number of aromatic nitrogens is 4. The molecule has 0 unspecified atom stereocenters. The first-order valence-electron chi connectivity index (χ1n) is 8.80. The summed E-state index contributed by atoms with van der Waals surface area (Å²) in [6.45, 7) is 10.0. The second-order valence-corrected chi connectivity index (χ2v) is 7.85. The molecule has 0 saturated carbocycles. The van der Waals surface area contributed by atoms with Gasteiger partial charge >= 0.3 is 5.69 Å². The first-order chi connectivity index (χ1) is 11.5. The van der Waals surface area contributed by atoms with Gasteiger partial charge in [0.15, 0.2) is 0 Å². The summed E-state index contributed by atoms with van der Waals surface area (Å²) < 4.78 is 3.28. The highest BCUT2D eigenvalue weighted by Gasteiger charge is 2.27. The van der Waals surface area contributed by atoms with Crippen LogP contribution in [0.5, 0.6) is 0 Å². The van der Waals surface area contributed by atoms with E-state index in [1.807, 2.05) is 11.5 Å². The van der Waals surface area contributed by atoms with Crippen LogP contribution in [-0.4, -0.2) is 37.3 Å². The van der Waals surface area contributed by atoms with Gasteiger partial charge < -0.3 is 0 Å². The number of nitrogens with zero attached hydrogens (tertiary/aromatic N) is 5. The highest BCUT2D eigenvalue weighted by Crippen LogP contribution is 2.27. The summed E-state index contributed by atoms with van der Waals surface area (Å²) in [6.07, 6.45) is 2.24. The van der Waals surface area contributed by atoms with E-state index in [0.717, 1.165) is 38.3 Å². The zero-order valence-corrected chi connectivity index (χ0v) is 15.8. The van der Waals surface area contributed by atoms with Crippen LogP contribution in [0.3, 0.4) is 0 Å². The Kier molecular flexibility index (Phi) is 5.20. The summed E-state index contributed by atoms with van der Waals surface area (Å²) in [4.78, 5) is 19.4. The molecule has 7 heteroatoms. The van der Waals surface area contributed by atoms with Crippen molar-refractivity contribution in [2.45, 2.75) is 58.5 Å². The van der Waals surface area contributed by atoms with Gasteiger partial charge in [0.2, 0.25) is 0 Å². The Bertz CT molecular complexity index is 744. The van der Waals surface area contributed by atoms with E-state index in [9.17, 15) is 4.79 Å². The van der Waals surface area contributed by atoms with Crippen LogP contribution < -0.4 is 5.69 Å². The van der Waals surface area contributed by atoms with E-state index in [2.05, 4.69) is 29.2 Å². The Hall–Kier alpha value is -1.47. The Morgan fingerprint density at radius 1 is 1.42 bits per heavy atom. The average Bonchev–Trinajstić information content (AvgIpc) is 3.13. The van der Waals surface area contributed by atoms with Crippen molar-refractivity contribution in [3.63, 3.8) is 0 Å². The van der Waals surface area contributed by atoms with Crippen molar-refractivity contribution in [1.29, 1.82) is 0 Å². The van der Waals surface area contributed by atoms with Crippen LogP contribution in [0.4, 0.5) is 0 Å². The lowest BCUT2D eigenvalue weighted by atomic mass is 9.97. The van der Waals surface area contributed by atoms with Gasteiger partial charge in [-0.3, -0.25) is 9.47 Å². The summed E-state index contributed by atoms with van der Waals surface area (Å²) in [7, 11) is 1.74. The van der Waals surface area contributed by atoms with Crippen molar-refractivity contribution < 1.29 is 0 Å². The summed E-state index contributed by atoms with van der Waals surface area (Å²) in [5.41, 5.74) is 1.18. The Morgan fingerprint density at radius 3 is 2.88 bits per heavy atom. The standard InChI is InChI=1S/C17H27N5OS/c1-5-22-16(19-20(4)17(22)23)13-7-6-8-21(9-13)10-15-18-14(11-24-15)12(2)3/h11-13H,5-10H2,1-4H3/t13-/m1/s1. The van der Waals surface area contributed by atoms with Gasteiger partial charge in [-0.25, -0.2) is 14.5 Å². The predicted octanol–water partition coefficient (Wildman–Crippen LogP) is 2.56. The van der Waals surface area contributed by atoms with Crippen molar-refractivity contribution in [3.05, 3.63) is 32.4 Å². The quantitative estimate of drug-likeness (QED) is 0.832. The maximum absolute atomic E-state index is 12.1. The fourth-order valence-electron chi connectivity index (χ4n) is 3.39. The van der Waals surface area contributed by atoms with Gasteiger partial charge in [0.25, 0.3) is 0 Å². The van der Waals surface area contributed by atoms with Gasteiger partial charge in [0, 0.05) is 31.4 Å². The second kappa shape index (κ2) is 7.19. The number of hydrogen-bond acceptors (Lipinski definition) is 5. The second-order valence-electron chi connectivity index (χ2n) is 6.90. The van der Waals surface area contributed by atoms with E-state index in [-0.39, 0.29) is 5.69 Å². The molecule has 0 aliphatic carbocycles. The number of aryl methyl sites for hydroxylation is 1. The van der Waals surface area contributed by atoms with Gasteiger partial charge in [-0.1, -0.05) is 13.8 Å². The molecule has 24 heavy (non-hydrogen) atoms. The topological polar surface area (TPSA) is 56.0 Å². The average molecular weight is 350 g/mol. The van der Waals surface area contributed by atoms with Crippen LogP contribution in [0.2, 0.25) is 0 Å². The van der Waals surface area contributed by atoms with Crippen LogP contribution in [0.25, 0.3) is 0 Å². The SMILES string of the molecule is CCn1c([C@@H]2CCCN(Cc3nc(C(C)C)cs3)C2)nn(C)c1=O. The van der Waals surface area contributed by atoms with Crippen LogP contribution in [-0.2, 0) is 20.1 Å². The van der Waals surface area contributed by atoms with E-state index < -0.39 is 0 Å². The zero-order valence-electron chi connectivity index (χ0n) is 15.0. The largest absolute Gasteiger partial charge is 0.345 e. The van der Waals surface area contributed by atoms with Crippen molar-refractivity contribution in [2.24, 2.45) is 7.05 Å². The van der Waals surface area contributed by atoms with Crippen LogP contribution in [0, 0.1) is 0 Å². The molecule has 1 aliphatic heterocycles. The lowest BCUT2D eigenvalue weighted by molar-refractivity contribution is 0.194. The minimum Gasteiger partial charge on any atom is -0.296 e. The summed E-state index contributed by atoms with van der Waals surface area (Å²) >= 11 is 1.76. The van der Waals surface area contributed by atoms with E-state index in [1.54, 1.807) is 18.4 Å². The lowest BCUT2D eigenvalue weighted by Crippen LogP contribution is -2.35. The molecule has 1 saturated heterocycles. The first-order valence-corrected chi connectivity index (χ1v) is 9.68. The van der Waals surface area contributed by atoms with Crippen molar-refractivity contribution in [1.82, 2.24) is 24.2 Å². The van der Waals surface area contributed by atoms with Crippen molar-refractivity contribution in [3.8, 4) is 0 Å². The number of hydrogen-bond donors (Lipinski definition) is 0. The molecule has 0 N–H and O–H groups in total. The van der Waals surface area contributed by atoms with Gasteiger partial charge in [-0.2, -0.15) is 5.10 Å². The maximum Gasteiger partial charge on any atom is 0.345 e. The number of piperidine rings is 1. The molecule has 2 aromatic heterocycles. The molecule has 0 spiro atoms. The fraction of sp³-hybridized carbons (Fsp3) is 0.706. The van der Waals surface area contributed by atoms with E-state index in [1.165, 1.54) is 15.4 Å². The van der Waals surface area contributed by atoms with Gasteiger partial charge in [-0.05, 0) is 32.2 Å². The molecule has 3 rings (SSSR count). The summed E-state index contributed by atoms with van der Waals surface area (Å²) in [5, 5.41) is 7.86. The number of rotatable bonds is 5. The Labute approximate surface area is 147 Å². The van der Waals surface area contributed by atoms with Crippen LogP contribution in [0.15, 0.2) is 10.2 Å². The van der Waals surface area contributed by atoms with Crippen molar-refractivity contribution >= 4 is 11.3 Å². The van der Waals surface area contributed by atoms with E-state index >= 15 is 0 Å². The molecule has 0 aromatic carbocycles. The first kappa shape index (κ1) is 17.4. The lowest BCUT2D eigenvalue weighted by Gasteiger charge is -2.31. The minimum absolute atomic E-state index is 0.00822. The zero-order chi connectivity index (χ0) is 17.3. The predicted molar refractivity (Wildman–Crippen MR) is 96.6 cm³/mol. The van der Waals surface area contributed by atoms with Crippen LogP contribution in [0.1, 0.15) is 62.0 Å². The molecule has 6 nitrogen and oxygen atoms in total. The Balaban J connectivity index is 1.72. The van der Waals surface area contributed by atoms with E-state index in [4.69, 9.17) is 4.98 Å². The molecule has 3 heterocycles. The van der Waals surface area contributed by atoms with E-state index in [0.29, 0.717) is 18.4 Å². The van der Waals surface area contributed by atoms with Gasteiger partial charge in [0.1, 0.15) is 10.8 Å². The fourth-order valence-corrected chi connectivity index (χ4v) is 4.38. The molecule has 0 radical (unpaired) electrons. The molecule has 0 bridgehead atoms. The third-order valence-corrected chi connectivity index (χ3v) is 5.60. The monoisotopic (exact) mass is 349 g/mol. The van der Waals surface area contributed by atoms with Crippen molar-refractivity contribution in [2.75, 3.05) is 13.1 Å². The summed E-state index contributed by atoms with van der Waals surface area (Å²) in [6, 6.07) is 0. The molecular weight excluding hydrogens is 322 g/mol. The molecule has 2 aromatic rings. The smallest absolute Gasteiger partial charge is 0.296 e. The highest BCUT2D eigenvalue weighted by molar-refractivity contribution is 7.09. The third kappa shape index (κ3) is 3.47. The van der Waals surface area contributed by atoms with Crippen LogP contribution >= 0.6 is 11.3 Å². The normalized spacial score (nSPS) is 19.3. The third-order valence-electron chi connectivity index (χ3n) is 4.74. The maximum atomic E-state index is 12.1. The highest BCUT2D eigenvalue weighted by atomic mass is 32.1.